The first-order chi connectivity index (χ1) is 13.9. The van der Waals surface area contributed by atoms with Crippen LogP contribution in [0.2, 0.25) is 10.0 Å². The van der Waals surface area contributed by atoms with E-state index in [4.69, 9.17) is 23.2 Å². The average molecular weight is 425 g/mol. The van der Waals surface area contributed by atoms with Gasteiger partial charge in [0.25, 0.3) is 5.91 Å². The molecule has 1 heterocycles. The number of phenolic OH excluding ortho intramolecular Hbond substituents is 2. The summed E-state index contributed by atoms with van der Waals surface area (Å²) in [5, 5.41) is 25.8. The van der Waals surface area contributed by atoms with Crippen LogP contribution in [0, 0.1) is 0 Å². The summed E-state index contributed by atoms with van der Waals surface area (Å²) in [5.41, 5.74) is 2.61. The molecule has 1 aliphatic rings. The van der Waals surface area contributed by atoms with Gasteiger partial charge in [-0.15, -0.1) is 0 Å². The Morgan fingerprint density at radius 1 is 0.862 bits per heavy atom. The smallest absolute Gasteiger partial charge is 0.281 e. The maximum absolute atomic E-state index is 13.2. The average Bonchev–Trinajstić information content (AvgIpc) is 3.04. The monoisotopic (exact) mass is 424 g/mol. The molecule has 0 saturated carbocycles. The number of carbonyl (C=O) groups excluding carboxylic acids is 1. The van der Waals surface area contributed by atoms with Crippen LogP contribution in [0.1, 0.15) is 11.1 Å². The van der Waals surface area contributed by atoms with E-state index in [9.17, 15) is 15.0 Å². The molecule has 0 radical (unpaired) electrons. The van der Waals surface area contributed by atoms with Crippen molar-refractivity contribution in [2.45, 2.75) is 0 Å². The number of amides is 1. The van der Waals surface area contributed by atoms with Crippen molar-refractivity contribution < 1.29 is 15.0 Å². The van der Waals surface area contributed by atoms with E-state index in [1.54, 1.807) is 30.3 Å². The highest BCUT2D eigenvalue weighted by molar-refractivity contribution is 6.42. The Hall–Kier alpha value is -3.28. The summed E-state index contributed by atoms with van der Waals surface area (Å²) in [6.45, 7) is 0. The number of aromatic hydroxyl groups is 2. The molecular formula is C22H14Cl2N2O3. The summed E-state index contributed by atoms with van der Waals surface area (Å²) in [5.74, 6) is -0.863. The highest BCUT2D eigenvalue weighted by atomic mass is 35.5. The molecule has 144 valence electrons. The third-order valence-corrected chi connectivity index (χ3v) is 5.12. The van der Waals surface area contributed by atoms with Crippen LogP contribution in [0.25, 0.3) is 6.08 Å². The van der Waals surface area contributed by atoms with Crippen molar-refractivity contribution in [3.05, 3.63) is 93.5 Å². The van der Waals surface area contributed by atoms with Crippen LogP contribution in [-0.2, 0) is 4.79 Å². The van der Waals surface area contributed by atoms with Gasteiger partial charge in [-0.3, -0.25) is 4.79 Å². The molecule has 0 atom stereocenters. The fourth-order valence-corrected chi connectivity index (χ4v) is 3.24. The molecule has 0 unspecified atom stereocenters. The zero-order valence-corrected chi connectivity index (χ0v) is 16.4. The van der Waals surface area contributed by atoms with Crippen molar-refractivity contribution in [3.8, 4) is 11.5 Å². The first-order valence-corrected chi connectivity index (χ1v) is 9.37. The van der Waals surface area contributed by atoms with Gasteiger partial charge in [-0.1, -0.05) is 59.6 Å². The number of hydrogen-bond donors (Lipinski definition) is 2. The van der Waals surface area contributed by atoms with Crippen LogP contribution in [0.4, 0.5) is 5.69 Å². The Labute approximate surface area is 176 Å². The second kappa shape index (κ2) is 7.62. The largest absolute Gasteiger partial charge is 0.504 e. The predicted octanol–water partition coefficient (Wildman–Crippen LogP) is 5.24. The third kappa shape index (κ3) is 3.70. The Balaban J connectivity index is 1.83. The molecule has 4 rings (SSSR count). The van der Waals surface area contributed by atoms with E-state index in [0.717, 1.165) is 5.56 Å². The second-order valence-electron chi connectivity index (χ2n) is 6.34. The van der Waals surface area contributed by atoms with Gasteiger partial charge >= 0.3 is 0 Å². The number of rotatable bonds is 3. The summed E-state index contributed by atoms with van der Waals surface area (Å²) < 4.78 is 0. The van der Waals surface area contributed by atoms with Crippen molar-refractivity contribution in [2.75, 3.05) is 5.01 Å². The number of hydrazone groups is 1. The molecule has 0 aliphatic carbocycles. The number of benzene rings is 3. The van der Waals surface area contributed by atoms with Gasteiger partial charge < -0.3 is 10.2 Å². The number of anilines is 1. The molecule has 3 aromatic rings. The Bertz CT molecular complexity index is 1170. The first-order valence-electron chi connectivity index (χ1n) is 8.61. The van der Waals surface area contributed by atoms with E-state index in [2.05, 4.69) is 5.10 Å². The normalized spacial score (nSPS) is 15.1. The fraction of sp³-hybridized carbons (Fsp3) is 0. The Morgan fingerprint density at radius 3 is 2.31 bits per heavy atom. The molecule has 1 aliphatic heterocycles. The van der Waals surface area contributed by atoms with Crippen molar-refractivity contribution >= 4 is 46.6 Å². The van der Waals surface area contributed by atoms with Crippen LogP contribution < -0.4 is 5.01 Å². The van der Waals surface area contributed by atoms with Crippen molar-refractivity contribution in [2.24, 2.45) is 5.10 Å². The molecule has 7 heteroatoms. The van der Waals surface area contributed by atoms with Gasteiger partial charge in [-0.25, -0.2) is 0 Å². The summed E-state index contributed by atoms with van der Waals surface area (Å²) >= 11 is 12.1. The van der Waals surface area contributed by atoms with E-state index in [1.807, 2.05) is 30.3 Å². The first kappa shape index (κ1) is 19.1. The summed E-state index contributed by atoms with van der Waals surface area (Å²) in [7, 11) is 0. The Morgan fingerprint density at radius 2 is 1.62 bits per heavy atom. The van der Waals surface area contributed by atoms with Crippen LogP contribution >= 0.6 is 23.2 Å². The minimum atomic E-state index is -0.352. The highest BCUT2D eigenvalue weighted by Gasteiger charge is 2.32. The number of phenols is 2. The quantitative estimate of drug-likeness (QED) is 0.445. The zero-order valence-electron chi connectivity index (χ0n) is 14.9. The van der Waals surface area contributed by atoms with Crippen LogP contribution in [0.5, 0.6) is 11.5 Å². The molecule has 0 aromatic heterocycles. The van der Waals surface area contributed by atoms with E-state index in [0.29, 0.717) is 32.6 Å². The molecule has 2 N–H and O–H groups in total. The molecule has 0 saturated heterocycles. The maximum atomic E-state index is 13.2. The zero-order chi connectivity index (χ0) is 20.5. The lowest BCUT2D eigenvalue weighted by Crippen LogP contribution is -2.21. The molecule has 0 bridgehead atoms. The van der Waals surface area contributed by atoms with Crippen molar-refractivity contribution in [1.29, 1.82) is 0 Å². The fourth-order valence-electron chi connectivity index (χ4n) is 2.94. The minimum absolute atomic E-state index is 0.237. The third-order valence-electron chi connectivity index (χ3n) is 4.38. The van der Waals surface area contributed by atoms with Crippen LogP contribution in [0.15, 0.2) is 77.4 Å². The lowest BCUT2D eigenvalue weighted by Gasteiger charge is -2.12. The minimum Gasteiger partial charge on any atom is -0.504 e. The van der Waals surface area contributed by atoms with E-state index < -0.39 is 0 Å². The predicted molar refractivity (Wildman–Crippen MR) is 115 cm³/mol. The van der Waals surface area contributed by atoms with E-state index in [-0.39, 0.29) is 17.4 Å². The molecule has 0 fully saturated rings. The summed E-state index contributed by atoms with van der Waals surface area (Å²) in [4.78, 5) is 13.2. The number of nitrogens with zero attached hydrogens (tertiary/aromatic N) is 2. The molecule has 5 nitrogen and oxygen atoms in total. The lowest BCUT2D eigenvalue weighted by molar-refractivity contribution is -0.114. The maximum Gasteiger partial charge on any atom is 0.281 e. The van der Waals surface area contributed by atoms with Gasteiger partial charge in [0.1, 0.15) is 5.71 Å². The summed E-state index contributed by atoms with van der Waals surface area (Å²) in [6.07, 6.45) is 1.62. The van der Waals surface area contributed by atoms with Crippen LogP contribution in [-0.4, -0.2) is 21.8 Å². The van der Waals surface area contributed by atoms with Crippen molar-refractivity contribution in [1.82, 2.24) is 0 Å². The molecule has 29 heavy (non-hydrogen) atoms. The molecule has 3 aromatic carbocycles. The van der Waals surface area contributed by atoms with Gasteiger partial charge in [-0.05, 0) is 42.0 Å². The van der Waals surface area contributed by atoms with Gasteiger partial charge in [0.15, 0.2) is 11.5 Å². The topological polar surface area (TPSA) is 73.1 Å². The molecule has 1 amide bonds. The number of carbonyl (C=O) groups is 1. The van der Waals surface area contributed by atoms with Gasteiger partial charge in [-0.2, -0.15) is 10.1 Å². The number of hydrogen-bond acceptors (Lipinski definition) is 4. The van der Waals surface area contributed by atoms with Gasteiger partial charge in [0.2, 0.25) is 0 Å². The second-order valence-corrected chi connectivity index (χ2v) is 7.15. The Kier molecular flexibility index (Phi) is 5.01. The molecule has 0 spiro atoms. The standard InChI is InChI=1S/C22H14Cl2N2O3/c23-17-8-7-15(12-18(17)24)26-22(29)16(10-13-6-9-19(27)20(28)11-13)21(25-26)14-4-2-1-3-5-14/h1-12,27-28H/b16-10+. The van der Waals surface area contributed by atoms with Crippen LogP contribution in [0.3, 0.4) is 0 Å². The SMILES string of the molecule is O=C1/C(=C/c2ccc(O)c(O)c2)C(c2ccccc2)=NN1c1ccc(Cl)c(Cl)c1. The molecular weight excluding hydrogens is 411 g/mol. The van der Waals surface area contributed by atoms with Gasteiger partial charge in [0.05, 0.1) is 21.3 Å². The van der Waals surface area contributed by atoms with E-state index >= 15 is 0 Å². The van der Waals surface area contributed by atoms with E-state index in [1.165, 1.54) is 17.1 Å². The van der Waals surface area contributed by atoms with Crippen molar-refractivity contribution in [3.63, 3.8) is 0 Å². The number of halogens is 2. The highest BCUT2D eigenvalue weighted by Crippen LogP contribution is 2.33. The lowest BCUT2D eigenvalue weighted by atomic mass is 10.00. The van der Waals surface area contributed by atoms with Gasteiger partial charge in [0, 0.05) is 5.56 Å². The summed E-state index contributed by atoms with van der Waals surface area (Å²) in [6, 6.07) is 18.5.